The lowest BCUT2D eigenvalue weighted by molar-refractivity contribution is 0.0791. The Labute approximate surface area is 169 Å². The van der Waals surface area contributed by atoms with Crippen LogP contribution >= 0.6 is 11.6 Å². The molecule has 0 saturated carbocycles. The summed E-state index contributed by atoms with van der Waals surface area (Å²) in [5.74, 6) is 1.28. The zero-order valence-electron chi connectivity index (χ0n) is 15.5. The number of hydrogen-bond acceptors (Lipinski definition) is 6. The van der Waals surface area contributed by atoms with E-state index in [1.54, 1.807) is 12.4 Å². The molecule has 1 fully saturated rings. The first-order valence-corrected chi connectivity index (χ1v) is 9.68. The molecular formula is C20H22ClN5O2. The zero-order chi connectivity index (χ0) is 19.5. The summed E-state index contributed by atoms with van der Waals surface area (Å²) < 4.78 is 5.78. The van der Waals surface area contributed by atoms with Crippen LogP contribution in [0.25, 0.3) is 0 Å². The summed E-state index contributed by atoms with van der Waals surface area (Å²) in [6.07, 6.45) is 5.82. The molecule has 1 amide bonds. The molecule has 7 nitrogen and oxygen atoms in total. The van der Waals surface area contributed by atoms with Crippen LogP contribution in [0.5, 0.6) is 5.75 Å². The summed E-state index contributed by atoms with van der Waals surface area (Å²) in [5, 5.41) is 3.75. The summed E-state index contributed by atoms with van der Waals surface area (Å²) in [5.41, 5.74) is 1.64. The van der Waals surface area contributed by atoms with Crippen molar-refractivity contribution in [2.24, 2.45) is 0 Å². The first kappa shape index (κ1) is 18.6. The van der Waals surface area contributed by atoms with Gasteiger partial charge in [0.15, 0.2) is 0 Å². The van der Waals surface area contributed by atoms with Crippen LogP contribution < -0.4 is 15.0 Å². The van der Waals surface area contributed by atoms with E-state index in [4.69, 9.17) is 16.3 Å². The van der Waals surface area contributed by atoms with Crippen LogP contribution in [-0.4, -0.2) is 59.6 Å². The normalized spacial score (nSPS) is 18.4. The van der Waals surface area contributed by atoms with Crippen molar-refractivity contribution >= 4 is 29.1 Å². The lowest BCUT2D eigenvalue weighted by atomic mass is 10.1. The molecule has 1 N–H and O–H groups in total. The second-order valence-electron chi connectivity index (χ2n) is 6.87. The predicted molar refractivity (Wildman–Crippen MR) is 109 cm³/mol. The van der Waals surface area contributed by atoms with Crippen molar-refractivity contribution in [3.05, 3.63) is 53.8 Å². The second kappa shape index (κ2) is 8.06. The van der Waals surface area contributed by atoms with Gasteiger partial charge in [-0.25, -0.2) is 9.97 Å². The number of aromatic nitrogens is 2. The number of rotatable bonds is 5. The topological polar surface area (TPSA) is 70.6 Å². The van der Waals surface area contributed by atoms with Crippen LogP contribution in [0.15, 0.2) is 43.2 Å². The summed E-state index contributed by atoms with van der Waals surface area (Å²) in [7, 11) is 0. The van der Waals surface area contributed by atoms with Crippen molar-refractivity contribution < 1.29 is 9.53 Å². The number of amides is 1. The maximum absolute atomic E-state index is 12.9. The Hall–Kier alpha value is -2.80. The highest BCUT2D eigenvalue weighted by atomic mass is 35.5. The smallest absolute Gasteiger partial charge is 0.254 e. The van der Waals surface area contributed by atoms with Crippen LogP contribution in [0.3, 0.4) is 0 Å². The van der Waals surface area contributed by atoms with E-state index in [1.165, 1.54) is 0 Å². The molecule has 2 aromatic rings. The molecule has 0 radical (unpaired) electrons. The predicted octanol–water partition coefficient (Wildman–Crippen LogP) is 2.84. The summed E-state index contributed by atoms with van der Waals surface area (Å²) in [6.45, 7) is 7.27. The van der Waals surface area contributed by atoms with E-state index in [0.29, 0.717) is 36.2 Å². The van der Waals surface area contributed by atoms with Crippen molar-refractivity contribution in [1.29, 1.82) is 0 Å². The van der Waals surface area contributed by atoms with Crippen LogP contribution in [0.4, 0.5) is 11.6 Å². The lowest BCUT2D eigenvalue weighted by Crippen LogP contribution is -2.34. The fourth-order valence-electron chi connectivity index (χ4n) is 3.57. The quantitative estimate of drug-likeness (QED) is 0.779. The lowest BCUT2D eigenvalue weighted by Gasteiger charge is -2.30. The third-order valence-electron chi connectivity index (χ3n) is 4.94. The first-order valence-electron chi connectivity index (χ1n) is 9.30. The summed E-state index contributed by atoms with van der Waals surface area (Å²) in [6, 6.07) is 5.78. The fraction of sp³-hybridized carbons (Fsp3) is 0.350. The van der Waals surface area contributed by atoms with Crippen LogP contribution in [0.1, 0.15) is 16.8 Å². The monoisotopic (exact) mass is 399 g/mol. The SMILES string of the molecule is C=CCN1CCOc2cc(C(=O)N3CC[C@@H](Nc4ncc(Cl)cn4)C3)ccc21. The largest absolute Gasteiger partial charge is 0.490 e. The molecule has 1 saturated heterocycles. The van der Waals surface area contributed by atoms with Gasteiger partial charge in [-0.2, -0.15) is 0 Å². The molecule has 0 spiro atoms. The number of hydrogen-bond donors (Lipinski definition) is 1. The van der Waals surface area contributed by atoms with E-state index in [-0.39, 0.29) is 11.9 Å². The van der Waals surface area contributed by atoms with Crippen LogP contribution in [-0.2, 0) is 0 Å². The van der Waals surface area contributed by atoms with E-state index in [0.717, 1.165) is 30.9 Å². The van der Waals surface area contributed by atoms with Gasteiger partial charge >= 0.3 is 0 Å². The Kier molecular flexibility index (Phi) is 5.34. The van der Waals surface area contributed by atoms with Gasteiger partial charge in [-0.1, -0.05) is 17.7 Å². The maximum Gasteiger partial charge on any atom is 0.254 e. The number of likely N-dealkylation sites (tertiary alicyclic amines) is 1. The molecule has 1 aromatic carbocycles. The van der Waals surface area contributed by atoms with Gasteiger partial charge in [0.1, 0.15) is 12.4 Å². The summed E-state index contributed by atoms with van der Waals surface area (Å²) >= 11 is 5.81. The molecule has 3 heterocycles. The fourth-order valence-corrected chi connectivity index (χ4v) is 3.67. The standard InChI is InChI=1S/C20H22ClN5O2/c1-2-6-25-8-9-28-18-10-14(3-4-17(18)25)19(27)26-7-5-16(13-26)24-20-22-11-15(21)12-23-20/h2-4,10-12,16H,1,5-9,13H2,(H,22,23,24)/t16-/m1/s1. The Morgan fingerprint density at radius 1 is 1.36 bits per heavy atom. The molecule has 8 heteroatoms. The number of ether oxygens (including phenoxy) is 1. The minimum Gasteiger partial charge on any atom is -0.490 e. The average Bonchev–Trinajstić information content (AvgIpc) is 3.18. The molecule has 2 aliphatic heterocycles. The van der Waals surface area contributed by atoms with Gasteiger partial charge in [-0.15, -0.1) is 6.58 Å². The van der Waals surface area contributed by atoms with Gasteiger partial charge < -0.3 is 19.9 Å². The zero-order valence-corrected chi connectivity index (χ0v) is 16.2. The molecule has 0 bridgehead atoms. The van der Waals surface area contributed by atoms with Crippen molar-refractivity contribution in [2.75, 3.05) is 43.0 Å². The van der Waals surface area contributed by atoms with E-state index in [9.17, 15) is 4.79 Å². The summed E-state index contributed by atoms with van der Waals surface area (Å²) in [4.78, 5) is 25.3. The van der Waals surface area contributed by atoms with Gasteiger partial charge in [0.05, 0.1) is 29.6 Å². The molecule has 146 valence electrons. The van der Waals surface area contributed by atoms with Crippen LogP contribution in [0, 0.1) is 0 Å². The highest BCUT2D eigenvalue weighted by Crippen LogP contribution is 2.33. The van der Waals surface area contributed by atoms with E-state index < -0.39 is 0 Å². The molecule has 1 aromatic heterocycles. The highest BCUT2D eigenvalue weighted by molar-refractivity contribution is 6.30. The number of carbonyl (C=O) groups is 1. The van der Waals surface area contributed by atoms with Gasteiger partial charge in [0.25, 0.3) is 5.91 Å². The van der Waals surface area contributed by atoms with Gasteiger partial charge in [-0.3, -0.25) is 4.79 Å². The molecule has 0 aliphatic carbocycles. The third-order valence-corrected chi connectivity index (χ3v) is 5.14. The van der Waals surface area contributed by atoms with Crippen molar-refractivity contribution in [1.82, 2.24) is 14.9 Å². The number of anilines is 2. The number of nitrogens with zero attached hydrogens (tertiary/aromatic N) is 4. The van der Waals surface area contributed by atoms with E-state index >= 15 is 0 Å². The number of fused-ring (bicyclic) bond motifs is 1. The molecule has 1 atom stereocenters. The average molecular weight is 400 g/mol. The van der Waals surface area contributed by atoms with Crippen LogP contribution in [0.2, 0.25) is 5.02 Å². The third kappa shape index (κ3) is 3.89. The molecule has 4 rings (SSSR count). The second-order valence-corrected chi connectivity index (χ2v) is 7.31. The molecular weight excluding hydrogens is 378 g/mol. The maximum atomic E-state index is 12.9. The molecule has 0 unspecified atom stereocenters. The van der Waals surface area contributed by atoms with E-state index in [2.05, 4.69) is 26.8 Å². The van der Waals surface area contributed by atoms with Crippen molar-refractivity contribution in [3.8, 4) is 5.75 Å². The Morgan fingerprint density at radius 3 is 2.96 bits per heavy atom. The minimum atomic E-state index is 0.00793. The van der Waals surface area contributed by atoms with Gasteiger partial charge in [0.2, 0.25) is 5.95 Å². The van der Waals surface area contributed by atoms with Crippen molar-refractivity contribution in [2.45, 2.75) is 12.5 Å². The first-order chi connectivity index (χ1) is 13.6. The minimum absolute atomic E-state index is 0.00793. The van der Waals surface area contributed by atoms with E-state index in [1.807, 2.05) is 29.2 Å². The Bertz CT molecular complexity index is 873. The number of carbonyl (C=O) groups excluding carboxylic acids is 1. The number of nitrogens with one attached hydrogen (secondary N) is 1. The number of halogens is 1. The molecule has 2 aliphatic rings. The van der Waals surface area contributed by atoms with Gasteiger partial charge in [0, 0.05) is 31.2 Å². The number of benzene rings is 1. The Morgan fingerprint density at radius 2 is 2.18 bits per heavy atom. The Balaban J connectivity index is 1.42. The van der Waals surface area contributed by atoms with Crippen molar-refractivity contribution in [3.63, 3.8) is 0 Å². The highest BCUT2D eigenvalue weighted by Gasteiger charge is 2.28. The molecule has 28 heavy (non-hydrogen) atoms. The van der Waals surface area contributed by atoms with Gasteiger partial charge in [-0.05, 0) is 24.6 Å².